The van der Waals surface area contributed by atoms with Crippen molar-refractivity contribution in [2.24, 2.45) is 0 Å². The fourth-order valence-electron chi connectivity index (χ4n) is 3.02. The molecule has 7 nitrogen and oxygen atoms in total. The molecular formula is C21H18N2O5S. The summed E-state index contributed by atoms with van der Waals surface area (Å²) in [7, 11) is -3.98. The third-order valence-electron chi connectivity index (χ3n) is 4.45. The summed E-state index contributed by atoms with van der Waals surface area (Å²) in [5.74, 6) is -0.691. The standard InChI is InChI=1S/C21H18N2O5S/c1-3-27-21(24)16-12-22-18-15-6-4-5-7-17(15)28-20(18)19(16)23-29(25,26)14-10-8-13(2)9-11-14/h4-12H,3H2,1-2H3,(H,22,23). The van der Waals surface area contributed by atoms with Crippen molar-refractivity contribution in [3.8, 4) is 0 Å². The fourth-order valence-corrected chi connectivity index (χ4v) is 4.10. The molecule has 4 rings (SSSR count). The minimum absolute atomic E-state index is 0.00484. The first kappa shape index (κ1) is 18.9. The van der Waals surface area contributed by atoms with Gasteiger partial charge in [0.05, 0.1) is 11.5 Å². The lowest BCUT2D eigenvalue weighted by atomic mass is 10.2. The largest absolute Gasteiger partial charge is 0.462 e. The Bertz CT molecular complexity index is 1320. The molecule has 4 aromatic rings. The zero-order valence-electron chi connectivity index (χ0n) is 15.8. The Kier molecular flexibility index (Phi) is 4.71. The van der Waals surface area contributed by atoms with Crippen molar-refractivity contribution in [2.45, 2.75) is 18.7 Å². The molecule has 2 aromatic heterocycles. The lowest BCUT2D eigenvalue weighted by molar-refractivity contribution is 0.0527. The summed E-state index contributed by atoms with van der Waals surface area (Å²) < 4.78 is 39.4. The van der Waals surface area contributed by atoms with Crippen molar-refractivity contribution in [3.05, 3.63) is 65.9 Å². The van der Waals surface area contributed by atoms with Crippen LogP contribution in [-0.4, -0.2) is 26.0 Å². The third kappa shape index (κ3) is 3.42. The number of hydrogen-bond acceptors (Lipinski definition) is 6. The van der Waals surface area contributed by atoms with E-state index < -0.39 is 16.0 Å². The van der Waals surface area contributed by atoms with Crippen LogP contribution in [0.1, 0.15) is 22.8 Å². The quantitative estimate of drug-likeness (QED) is 0.494. The van der Waals surface area contributed by atoms with Gasteiger partial charge in [0.1, 0.15) is 22.4 Å². The number of pyridine rings is 1. The van der Waals surface area contributed by atoms with Crippen LogP contribution < -0.4 is 4.72 Å². The zero-order chi connectivity index (χ0) is 20.6. The van der Waals surface area contributed by atoms with Crippen molar-refractivity contribution in [1.29, 1.82) is 0 Å². The number of hydrogen-bond donors (Lipinski definition) is 1. The molecule has 0 unspecified atom stereocenters. The molecule has 0 radical (unpaired) electrons. The average molecular weight is 410 g/mol. The van der Waals surface area contributed by atoms with E-state index >= 15 is 0 Å². The second-order valence-electron chi connectivity index (χ2n) is 6.46. The van der Waals surface area contributed by atoms with Crippen LogP contribution >= 0.6 is 0 Å². The summed E-state index contributed by atoms with van der Waals surface area (Å²) in [5, 5.41) is 0.716. The van der Waals surface area contributed by atoms with E-state index in [1.165, 1.54) is 18.3 Å². The summed E-state index contributed by atoms with van der Waals surface area (Å²) in [4.78, 5) is 16.8. The molecule has 0 spiro atoms. The maximum absolute atomic E-state index is 13.0. The summed E-state index contributed by atoms with van der Waals surface area (Å²) in [6.07, 6.45) is 1.30. The molecule has 0 amide bonds. The average Bonchev–Trinajstić information content (AvgIpc) is 3.08. The number of sulfonamides is 1. The van der Waals surface area contributed by atoms with E-state index in [0.29, 0.717) is 16.5 Å². The monoisotopic (exact) mass is 410 g/mol. The van der Waals surface area contributed by atoms with Gasteiger partial charge in [0, 0.05) is 11.6 Å². The number of carbonyl (C=O) groups is 1. The normalized spacial score (nSPS) is 11.7. The summed E-state index contributed by atoms with van der Waals surface area (Å²) in [5.41, 5.74) is 2.08. The molecule has 29 heavy (non-hydrogen) atoms. The van der Waals surface area contributed by atoms with Gasteiger partial charge < -0.3 is 9.15 Å². The predicted molar refractivity (Wildman–Crippen MR) is 109 cm³/mol. The Balaban J connectivity index is 1.93. The Morgan fingerprint density at radius 3 is 2.59 bits per heavy atom. The number of fused-ring (bicyclic) bond motifs is 3. The molecule has 0 aliphatic carbocycles. The third-order valence-corrected chi connectivity index (χ3v) is 5.82. The van der Waals surface area contributed by atoms with Gasteiger partial charge in [0.15, 0.2) is 5.58 Å². The number of anilines is 1. The van der Waals surface area contributed by atoms with Crippen molar-refractivity contribution in [2.75, 3.05) is 11.3 Å². The number of nitrogens with zero attached hydrogens (tertiary/aromatic N) is 1. The maximum Gasteiger partial charge on any atom is 0.341 e. The van der Waals surface area contributed by atoms with Crippen LogP contribution in [0.15, 0.2) is 64.0 Å². The highest BCUT2D eigenvalue weighted by Crippen LogP contribution is 2.35. The Hall–Kier alpha value is -3.39. The van der Waals surface area contributed by atoms with E-state index in [0.717, 1.165) is 5.56 Å². The molecule has 2 heterocycles. The number of para-hydroxylation sites is 1. The van der Waals surface area contributed by atoms with Crippen LogP contribution in [0.25, 0.3) is 22.1 Å². The Morgan fingerprint density at radius 2 is 1.86 bits per heavy atom. The van der Waals surface area contributed by atoms with E-state index in [2.05, 4.69) is 9.71 Å². The second-order valence-corrected chi connectivity index (χ2v) is 8.14. The lowest BCUT2D eigenvalue weighted by Gasteiger charge is -2.12. The molecule has 0 fully saturated rings. The van der Waals surface area contributed by atoms with Crippen LogP contribution in [0.5, 0.6) is 0 Å². The van der Waals surface area contributed by atoms with Crippen molar-refractivity contribution in [1.82, 2.24) is 4.98 Å². The minimum atomic E-state index is -3.98. The van der Waals surface area contributed by atoms with E-state index in [1.807, 2.05) is 19.1 Å². The van der Waals surface area contributed by atoms with Gasteiger partial charge in [-0.1, -0.05) is 29.8 Å². The predicted octanol–water partition coefficient (Wildman–Crippen LogP) is 4.27. The Morgan fingerprint density at radius 1 is 1.14 bits per heavy atom. The molecule has 0 aliphatic rings. The van der Waals surface area contributed by atoms with Crippen LogP contribution in [0.2, 0.25) is 0 Å². The Labute approximate surface area is 167 Å². The number of furan rings is 1. The van der Waals surface area contributed by atoms with Gasteiger partial charge in [-0.2, -0.15) is 0 Å². The molecule has 0 atom stereocenters. The smallest absolute Gasteiger partial charge is 0.341 e. The molecular weight excluding hydrogens is 392 g/mol. The van der Waals surface area contributed by atoms with Gasteiger partial charge in [-0.05, 0) is 38.1 Å². The number of aromatic nitrogens is 1. The molecule has 8 heteroatoms. The summed E-state index contributed by atoms with van der Waals surface area (Å²) in [6.45, 7) is 3.67. The van der Waals surface area contributed by atoms with E-state index in [-0.39, 0.29) is 28.3 Å². The lowest BCUT2D eigenvalue weighted by Crippen LogP contribution is -2.17. The SMILES string of the molecule is CCOC(=O)c1cnc2c(oc3ccccc32)c1NS(=O)(=O)c1ccc(C)cc1. The molecule has 2 aromatic carbocycles. The minimum Gasteiger partial charge on any atom is -0.462 e. The van der Waals surface area contributed by atoms with Crippen LogP contribution in [0.3, 0.4) is 0 Å². The number of rotatable bonds is 5. The van der Waals surface area contributed by atoms with E-state index in [1.54, 1.807) is 31.2 Å². The molecule has 0 aliphatic heterocycles. The highest BCUT2D eigenvalue weighted by molar-refractivity contribution is 7.92. The van der Waals surface area contributed by atoms with Gasteiger partial charge in [-0.15, -0.1) is 0 Å². The van der Waals surface area contributed by atoms with Gasteiger partial charge in [0.2, 0.25) is 0 Å². The molecule has 148 valence electrons. The van der Waals surface area contributed by atoms with E-state index in [9.17, 15) is 13.2 Å². The van der Waals surface area contributed by atoms with Crippen molar-refractivity contribution in [3.63, 3.8) is 0 Å². The van der Waals surface area contributed by atoms with Gasteiger partial charge in [-0.25, -0.2) is 13.2 Å². The molecule has 0 saturated carbocycles. The number of carbonyl (C=O) groups excluding carboxylic acids is 1. The maximum atomic E-state index is 13.0. The molecule has 0 bridgehead atoms. The van der Waals surface area contributed by atoms with Crippen molar-refractivity contribution < 1.29 is 22.4 Å². The van der Waals surface area contributed by atoms with Crippen molar-refractivity contribution >= 4 is 43.7 Å². The zero-order valence-corrected chi connectivity index (χ0v) is 16.6. The number of benzene rings is 2. The first-order valence-electron chi connectivity index (χ1n) is 8.97. The first-order chi connectivity index (χ1) is 13.9. The highest BCUT2D eigenvalue weighted by atomic mass is 32.2. The van der Waals surface area contributed by atoms with Gasteiger partial charge >= 0.3 is 5.97 Å². The van der Waals surface area contributed by atoms with E-state index in [4.69, 9.17) is 9.15 Å². The van der Waals surface area contributed by atoms with Gasteiger partial charge in [-0.3, -0.25) is 9.71 Å². The fraction of sp³-hybridized carbons (Fsp3) is 0.143. The molecule has 1 N–H and O–H groups in total. The number of nitrogens with one attached hydrogen (secondary N) is 1. The van der Waals surface area contributed by atoms with Crippen LogP contribution in [0.4, 0.5) is 5.69 Å². The number of ether oxygens (including phenoxy) is 1. The van der Waals surface area contributed by atoms with Crippen LogP contribution in [0, 0.1) is 6.92 Å². The highest BCUT2D eigenvalue weighted by Gasteiger charge is 2.25. The van der Waals surface area contributed by atoms with Gasteiger partial charge in [0.25, 0.3) is 10.0 Å². The summed E-state index contributed by atoms with van der Waals surface area (Å²) >= 11 is 0. The number of aryl methyl sites for hydroxylation is 1. The number of esters is 1. The second kappa shape index (κ2) is 7.21. The first-order valence-corrected chi connectivity index (χ1v) is 10.5. The topological polar surface area (TPSA) is 98.5 Å². The summed E-state index contributed by atoms with van der Waals surface area (Å²) in [6, 6.07) is 13.6. The van der Waals surface area contributed by atoms with Crippen LogP contribution in [-0.2, 0) is 14.8 Å². The molecule has 0 saturated heterocycles.